The molecule has 1 N–H and O–H groups in total. The monoisotopic (exact) mass is 428 g/mol. The molecule has 0 aliphatic carbocycles. The minimum absolute atomic E-state index is 0.0485. The maximum Gasteiger partial charge on any atom is 0.410 e. The number of fused-ring (bicyclic) bond motifs is 1. The lowest BCUT2D eigenvalue weighted by Gasteiger charge is -2.34. The quantitative estimate of drug-likeness (QED) is 0.796. The summed E-state index contributed by atoms with van der Waals surface area (Å²) in [5, 5.41) is 11.4. The van der Waals surface area contributed by atoms with Crippen molar-refractivity contribution >= 4 is 23.3 Å². The molecule has 158 valence electrons. The minimum Gasteiger partial charge on any atom is -0.367 e. The number of nitrogens with one attached hydrogen (secondary N) is 1. The van der Waals surface area contributed by atoms with Crippen LogP contribution in [0.25, 0.3) is 0 Å². The number of aryl methyl sites for hydroxylation is 1. The van der Waals surface area contributed by atoms with Crippen molar-refractivity contribution in [3.05, 3.63) is 22.3 Å². The molecule has 0 bridgehead atoms. The first-order valence-electron chi connectivity index (χ1n) is 9.82. The number of carbonyl (C=O) groups is 1. The molecule has 0 radical (unpaired) electrons. The Morgan fingerprint density at radius 3 is 2.83 bits per heavy atom. The van der Waals surface area contributed by atoms with Gasteiger partial charge in [-0.2, -0.15) is 18.3 Å². The van der Waals surface area contributed by atoms with Crippen LogP contribution in [0.5, 0.6) is 0 Å². The van der Waals surface area contributed by atoms with Crippen LogP contribution in [-0.4, -0.2) is 48.9 Å². The molecule has 2 aromatic rings. The number of hydrogen-bond acceptors (Lipinski definition) is 6. The molecule has 0 saturated carbocycles. The first-order valence-corrected chi connectivity index (χ1v) is 10.6. The molecular weight excluding hydrogens is 405 g/mol. The molecule has 1 unspecified atom stereocenters. The summed E-state index contributed by atoms with van der Waals surface area (Å²) in [6.45, 7) is 4.13. The Morgan fingerprint density at radius 2 is 2.17 bits per heavy atom. The number of rotatable bonds is 3. The van der Waals surface area contributed by atoms with Crippen LogP contribution in [0.2, 0.25) is 0 Å². The van der Waals surface area contributed by atoms with E-state index in [-0.39, 0.29) is 24.4 Å². The number of halogens is 3. The van der Waals surface area contributed by atoms with Gasteiger partial charge in [0.05, 0.1) is 17.4 Å². The smallest absolute Gasteiger partial charge is 0.367 e. The molecule has 1 fully saturated rings. The second kappa shape index (κ2) is 7.58. The molecule has 11 heteroatoms. The van der Waals surface area contributed by atoms with E-state index in [9.17, 15) is 18.0 Å². The number of alkyl halides is 3. The molecule has 1 saturated heterocycles. The van der Waals surface area contributed by atoms with Gasteiger partial charge >= 0.3 is 6.18 Å². The van der Waals surface area contributed by atoms with Gasteiger partial charge in [0, 0.05) is 18.7 Å². The predicted octanol–water partition coefficient (Wildman–Crippen LogP) is 4.11. The summed E-state index contributed by atoms with van der Waals surface area (Å²) in [5.74, 6) is 0.189. The number of carbonyl (C=O) groups excluding carboxylic acids is 1. The normalized spacial score (nSPS) is 24.9. The van der Waals surface area contributed by atoms with Crippen LogP contribution in [-0.2, 0) is 0 Å². The molecule has 2 aromatic heterocycles. The number of amides is 1. The first kappa shape index (κ1) is 20.1. The van der Waals surface area contributed by atoms with Gasteiger partial charge in [-0.15, -0.1) is 5.10 Å². The lowest BCUT2D eigenvalue weighted by Crippen LogP contribution is -2.39. The maximum absolute atomic E-state index is 13.7. The van der Waals surface area contributed by atoms with E-state index in [0.717, 1.165) is 29.1 Å². The zero-order valence-electron chi connectivity index (χ0n) is 16.2. The van der Waals surface area contributed by atoms with Gasteiger partial charge in [0.15, 0.2) is 6.04 Å². The Labute approximate surface area is 170 Å². The predicted molar refractivity (Wildman–Crippen MR) is 102 cm³/mol. The van der Waals surface area contributed by atoms with Gasteiger partial charge < -0.3 is 10.2 Å². The molecule has 4 rings (SSSR count). The van der Waals surface area contributed by atoms with Crippen LogP contribution in [0.1, 0.15) is 72.2 Å². The Morgan fingerprint density at radius 1 is 1.38 bits per heavy atom. The lowest BCUT2D eigenvalue weighted by molar-refractivity contribution is -0.173. The summed E-state index contributed by atoms with van der Waals surface area (Å²) in [4.78, 5) is 15.2. The first-order chi connectivity index (χ1) is 13.8. The van der Waals surface area contributed by atoms with Gasteiger partial charge in [-0.3, -0.25) is 4.79 Å². The van der Waals surface area contributed by atoms with Crippen molar-refractivity contribution in [3.63, 3.8) is 0 Å². The number of anilines is 1. The highest BCUT2D eigenvalue weighted by atomic mass is 32.1. The third-order valence-corrected chi connectivity index (χ3v) is 6.55. The summed E-state index contributed by atoms with van der Waals surface area (Å²) in [6.07, 6.45) is -1.42. The van der Waals surface area contributed by atoms with Crippen LogP contribution in [0.3, 0.4) is 0 Å². The van der Waals surface area contributed by atoms with Crippen LogP contribution < -0.4 is 5.32 Å². The second-order valence-corrected chi connectivity index (χ2v) is 8.39. The fourth-order valence-electron chi connectivity index (χ4n) is 4.14. The molecular formula is C18H23F3N6OS. The molecule has 0 spiro atoms. The van der Waals surface area contributed by atoms with Crippen LogP contribution in [0.15, 0.2) is 6.07 Å². The number of hydrogen-bond donors (Lipinski definition) is 1. The molecule has 7 nitrogen and oxygen atoms in total. The van der Waals surface area contributed by atoms with E-state index >= 15 is 0 Å². The van der Waals surface area contributed by atoms with Crippen molar-refractivity contribution in [2.45, 2.75) is 70.3 Å². The van der Waals surface area contributed by atoms with Crippen molar-refractivity contribution in [1.29, 1.82) is 0 Å². The van der Waals surface area contributed by atoms with Crippen LogP contribution in [0.4, 0.5) is 19.0 Å². The van der Waals surface area contributed by atoms with Gasteiger partial charge in [-0.05, 0) is 50.6 Å². The molecule has 4 heterocycles. The molecule has 2 aliphatic rings. The Hall–Kier alpha value is -2.17. The van der Waals surface area contributed by atoms with Crippen molar-refractivity contribution < 1.29 is 18.0 Å². The van der Waals surface area contributed by atoms with Crippen molar-refractivity contribution in [2.24, 2.45) is 0 Å². The topological polar surface area (TPSA) is 75.9 Å². The minimum atomic E-state index is -4.37. The van der Waals surface area contributed by atoms with E-state index in [1.54, 1.807) is 17.9 Å². The zero-order valence-corrected chi connectivity index (χ0v) is 17.1. The Balaban J connectivity index is 1.68. The average molecular weight is 428 g/mol. The van der Waals surface area contributed by atoms with E-state index in [2.05, 4.69) is 20.0 Å². The van der Waals surface area contributed by atoms with Gasteiger partial charge in [-0.1, -0.05) is 11.4 Å². The number of likely N-dealkylation sites (tertiary alicyclic amines) is 1. The summed E-state index contributed by atoms with van der Waals surface area (Å²) >= 11 is 1.04. The van der Waals surface area contributed by atoms with Gasteiger partial charge in [0.2, 0.25) is 0 Å². The van der Waals surface area contributed by atoms with Gasteiger partial charge in [0.1, 0.15) is 10.7 Å². The van der Waals surface area contributed by atoms with E-state index in [1.807, 2.05) is 6.92 Å². The zero-order chi connectivity index (χ0) is 20.8. The van der Waals surface area contributed by atoms with Crippen molar-refractivity contribution in [3.8, 4) is 0 Å². The highest BCUT2D eigenvalue weighted by Gasteiger charge is 2.46. The Bertz CT molecular complexity index is 895. The van der Waals surface area contributed by atoms with E-state index < -0.39 is 12.2 Å². The summed E-state index contributed by atoms with van der Waals surface area (Å²) in [5.41, 5.74) is 1.07. The summed E-state index contributed by atoms with van der Waals surface area (Å²) < 4.78 is 45.8. The van der Waals surface area contributed by atoms with Gasteiger partial charge in [0.25, 0.3) is 5.91 Å². The second-order valence-electron chi connectivity index (χ2n) is 7.64. The van der Waals surface area contributed by atoms with Crippen LogP contribution in [0, 0.1) is 6.92 Å². The number of aromatic nitrogens is 4. The number of piperidine rings is 1. The molecule has 1 amide bonds. The average Bonchev–Trinajstić information content (AvgIpc) is 3.31. The van der Waals surface area contributed by atoms with Crippen LogP contribution >= 0.6 is 11.5 Å². The summed E-state index contributed by atoms with van der Waals surface area (Å²) in [7, 11) is 0. The standard InChI is InChI=1S/C18H23F3N6OS/c1-3-11-8-14(18(19,20)21)27-15(22-11)9-12(24-27)13-6-4-5-7-26(13)17(28)16-10(2)23-25-29-16/h9,11,13-14,22H,3-8H2,1-2H3/t11-,13?,14-/m1/s1. The molecule has 3 atom stereocenters. The maximum atomic E-state index is 13.7. The fraction of sp³-hybridized carbons (Fsp3) is 0.667. The molecule has 0 aromatic carbocycles. The highest BCUT2D eigenvalue weighted by Crippen LogP contribution is 2.42. The highest BCUT2D eigenvalue weighted by molar-refractivity contribution is 7.07. The van der Waals surface area contributed by atoms with E-state index in [0.29, 0.717) is 41.5 Å². The molecule has 2 aliphatic heterocycles. The largest absolute Gasteiger partial charge is 0.410 e. The van der Waals surface area contributed by atoms with Gasteiger partial charge in [-0.25, -0.2) is 4.68 Å². The SMILES string of the molecule is CC[C@@H]1C[C@H](C(F)(F)F)n2nc(C3CCCCN3C(=O)c3snnc3C)cc2N1. The lowest BCUT2D eigenvalue weighted by atomic mass is 9.98. The van der Waals surface area contributed by atoms with Crippen molar-refractivity contribution in [2.75, 3.05) is 11.9 Å². The fourth-order valence-corrected chi connectivity index (χ4v) is 4.75. The third-order valence-electron chi connectivity index (χ3n) is 5.73. The summed E-state index contributed by atoms with van der Waals surface area (Å²) in [6, 6.07) is -0.590. The molecule has 29 heavy (non-hydrogen) atoms. The van der Waals surface area contributed by atoms with E-state index in [1.165, 1.54) is 0 Å². The number of nitrogens with zero attached hydrogens (tertiary/aromatic N) is 5. The van der Waals surface area contributed by atoms with E-state index in [4.69, 9.17) is 0 Å². The Kier molecular flexibility index (Phi) is 5.26. The van der Waals surface area contributed by atoms with Crippen molar-refractivity contribution in [1.82, 2.24) is 24.3 Å². The third kappa shape index (κ3) is 3.72.